The van der Waals surface area contributed by atoms with Crippen molar-refractivity contribution in [3.63, 3.8) is 0 Å². The van der Waals surface area contributed by atoms with Crippen LogP contribution >= 0.6 is 11.3 Å². The van der Waals surface area contributed by atoms with Crippen molar-refractivity contribution in [2.24, 2.45) is 0 Å². The van der Waals surface area contributed by atoms with Crippen molar-refractivity contribution in [1.82, 2.24) is 10.3 Å². The average molecular weight is 292 g/mol. The van der Waals surface area contributed by atoms with E-state index in [1.54, 1.807) is 17.5 Å². The predicted molar refractivity (Wildman–Crippen MR) is 81.4 cm³/mol. The van der Waals surface area contributed by atoms with Crippen molar-refractivity contribution in [3.8, 4) is 11.5 Å². The first-order valence-corrected chi connectivity index (χ1v) is 7.69. The molecule has 1 aromatic carbocycles. The van der Waals surface area contributed by atoms with E-state index in [1.807, 2.05) is 24.4 Å². The third-order valence-corrected chi connectivity index (χ3v) is 3.47. The van der Waals surface area contributed by atoms with Gasteiger partial charge in [0.1, 0.15) is 11.6 Å². The molecule has 0 bridgehead atoms. The number of nitrogens with one attached hydrogen (secondary N) is 1. The van der Waals surface area contributed by atoms with Crippen LogP contribution in [0.4, 0.5) is 0 Å². The zero-order valence-corrected chi connectivity index (χ0v) is 12.7. The molecule has 0 radical (unpaired) electrons. The number of benzene rings is 1. The Bertz CT molecular complexity index is 515. The zero-order chi connectivity index (χ0) is 14.2. The van der Waals surface area contributed by atoms with Gasteiger partial charge in [-0.1, -0.05) is 13.0 Å². The van der Waals surface area contributed by atoms with Gasteiger partial charge < -0.3 is 14.8 Å². The van der Waals surface area contributed by atoms with E-state index < -0.39 is 0 Å². The molecule has 0 amide bonds. The number of thiazole rings is 1. The fourth-order valence-corrected chi connectivity index (χ4v) is 2.31. The number of hydrogen-bond acceptors (Lipinski definition) is 5. The molecule has 108 valence electrons. The number of nitrogens with zero attached hydrogens (tertiary/aromatic N) is 1. The molecule has 20 heavy (non-hydrogen) atoms. The van der Waals surface area contributed by atoms with Gasteiger partial charge in [0.15, 0.2) is 11.5 Å². The van der Waals surface area contributed by atoms with Gasteiger partial charge >= 0.3 is 0 Å². The maximum Gasteiger partial charge on any atom is 0.161 e. The Balaban J connectivity index is 2.06. The van der Waals surface area contributed by atoms with Crippen LogP contribution < -0.4 is 14.8 Å². The molecule has 0 fully saturated rings. The van der Waals surface area contributed by atoms with E-state index in [0.29, 0.717) is 13.2 Å². The summed E-state index contributed by atoms with van der Waals surface area (Å²) in [5.41, 5.74) is 1.19. The van der Waals surface area contributed by atoms with Crippen molar-refractivity contribution >= 4 is 11.3 Å². The second-order valence-corrected chi connectivity index (χ2v) is 5.19. The first-order chi connectivity index (χ1) is 9.83. The Morgan fingerprint density at radius 2 is 2.10 bits per heavy atom. The largest absolute Gasteiger partial charge is 0.490 e. The minimum absolute atomic E-state index is 0.476. The highest BCUT2D eigenvalue weighted by Crippen LogP contribution is 2.29. The van der Waals surface area contributed by atoms with Crippen molar-refractivity contribution in [3.05, 3.63) is 40.3 Å². The molecule has 0 aliphatic carbocycles. The zero-order valence-electron chi connectivity index (χ0n) is 11.9. The summed E-state index contributed by atoms with van der Waals surface area (Å²) in [7, 11) is 0. The number of ether oxygens (including phenoxy) is 2. The molecular weight excluding hydrogens is 272 g/mol. The normalized spacial score (nSPS) is 10.5. The number of rotatable bonds is 8. The van der Waals surface area contributed by atoms with Crippen LogP contribution in [0.1, 0.15) is 24.4 Å². The van der Waals surface area contributed by atoms with Crippen LogP contribution in [-0.4, -0.2) is 18.1 Å². The smallest absolute Gasteiger partial charge is 0.161 e. The lowest BCUT2D eigenvalue weighted by Crippen LogP contribution is -2.11. The fourth-order valence-electron chi connectivity index (χ4n) is 1.78. The van der Waals surface area contributed by atoms with Crippen LogP contribution in [0, 0.1) is 0 Å². The number of hydrogen-bond donors (Lipinski definition) is 1. The summed E-state index contributed by atoms with van der Waals surface area (Å²) in [6.07, 6.45) is 1.78. The summed E-state index contributed by atoms with van der Waals surface area (Å²) in [6.45, 7) is 6.95. The van der Waals surface area contributed by atoms with Gasteiger partial charge in [0.05, 0.1) is 6.61 Å². The summed E-state index contributed by atoms with van der Waals surface area (Å²) in [5.74, 6) is 1.56. The Labute approximate surface area is 123 Å². The van der Waals surface area contributed by atoms with E-state index in [4.69, 9.17) is 9.47 Å². The minimum Gasteiger partial charge on any atom is -0.490 e. The monoisotopic (exact) mass is 292 g/mol. The quantitative estimate of drug-likeness (QED) is 0.811. The topological polar surface area (TPSA) is 43.4 Å². The standard InChI is InChI=1S/C15H20N2O2S/c1-3-16-10-12-5-6-13(14(9-12)18-4-2)19-11-15-17-7-8-20-15/h5-9,16H,3-4,10-11H2,1-2H3. The van der Waals surface area contributed by atoms with Crippen LogP contribution in [0.3, 0.4) is 0 Å². The summed E-state index contributed by atoms with van der Waals surface area (Å²) >= 11 is 1.59. The molecule has 1 heterocycles. The van der Waals surface area contributed by atoms with E-state index in [0.717, 1.165) is 29.6 Å². The number of aromatic nitrogens is 1. The molecule has 2 aromatic rings. The molecule has 0 unspecified atom stereocenters. The molecule has 2 rings (SSSR count). The van der Waals surface area contributed by atoms with E-state index in [1.165, 1.54) is 5.56 Å². The Kier molecular flexibility index (Phi) is 5.83. The molecule has 0 saturated heterocycles. The minimum atomic E-state index is 0.476. The average Bonchev–Trinajstić information content (AvgIpc) is 2.98. The molecule has 4 nitrogen and oxygen atoms in total. The molecule has 0 spiro atoms. The van der Waals surface area contributed by atoms with Crippen LogP contribution in [0.25, 0.3) is 0 Å². The third kappa shape index (κ3) is 4.21. The summed E-state index contributed by atoms with van der Waals surface area (Å²) in [5, 5.41) is 6.21. The van der Waals surface area contributed by atoms with Crippen LogP contribution in [0.5, 0.6) is 11.5 Å². The maximum atomic E-state index is 5.80. The van der Waals surface area contributed by atoms with Gasteiger partial charge in [0.2, 0.25) is 0 Å². The second kappa shape index (κ2) is 7.87. The van der Waals surface area contributed by atoms with E-state index in [-0.39, 0.29) is 0 Å². The van der Waals surface area contributed by atoms with Crippen molar-refractivity contribution < 1.29 is 9.47 Å². The fraction of sp³-hybridized carbons (Fsp3) is 0.400. The summed E-state index contributed by atoms with van der Waals surface area (Å²) in [6, 6.07) is 6.05. The van der Waals surface area contributed by atoms with E-state index in [9.17, 15) is 0 Å². The van der Waals surface area contributed by atoms with E-state index in [2.05, 4.69) is 23.3 Å². The molecule has 1 aromatic heterocycles. The molecular formula is C15H20N2O2S. The molecule has 0 saturated carbocycles. The molecule has 0 aliphatic rings. The van der Waals surface area contributed by atoms with Crippen LogP contribution in [0.15, 0.2) is 29.8 Å². The summed E-state index contributed by atoms with van der Waals surface area (Å²) in [4.78, 5) is 4.21. The van der Waals surface area contributed by atoms with Gasteiger partial charge in [0, 0.05) is 18.1 Å². The van der Waals surface area contributed by atoms with Crippen LogP contribution in [0.2, 0.25) is 0 Å². The van der Waals surface area contributed by atoms with Gasteiger partial charge in [-0.3, -0.25) is 0 Å². The molecule has 0 aliphatic heterocycles. The lowest BCUT2D eigenvalue weighted by molar-refractivity contribution is 0.268. The first-order valence-electron chi connectivity index (χ1n) is 6.81. The van der Waals surface area contributed by atoms with Gasteiger partial charge in [-0.2, -0.15) is 0 Å². The third-order valence-electron chi connectivity index (χ3n) is 2.72. The van der Waals surface area contributed by atoms with Crippen molar-refractivity contribution in [2.45, 2.75) is 27.0 Å². The second-order valence-electron chi connectivity index (χ2n) is 4.21. The first kappa shape index (κ1) is 14.8. The van der Waals surface area contributed by atoms with Crippen LogP contribution in [-0.2, 0) is 13.2 Å². The lowest BCUT2D eigenvalue weighted by Gasteiger charge is -2.13. The van der Waals surface area contributed by atoms with Gasteiger partial charge in [-0.05, 0) is 31.2 Å². The Morgan fingerprint density at radius 3 is 2.80 bits per heavy atom. The highest BCUT2D eigenvalue weighted by atomic mass is 32.1. The molecule has 0 atom stereocenters. The highest BCUT2D eigenvalue weighted by molar-refractivity contribution is 7.09. The van der Waals surface area contributed by atoms with Gasteiger partial charge in [-0.25, -0.2) is 4.98 Å². The highest BCUT2D eigenvalue weighted by Gasteiger charge is 2.07. The van der Waals surface area contributed by atoms with Crippen molar-refractivity contribution in [1.29, 1.82) is 0 Å². The molecule has 5 heteroatoms. The Hall–Kier alpha value is -1.59. The lowest BCUT2D eigenvalue weighted by atomic mass is 10.2. The Morgan fingerprint density at radius 1 is 1.20 bits per heavy atom. The van der Waals surface area contributed by atoms with Gasteiger partial charge in [0.25, 0.3) is 0 Å². The SMILES string of the molecule is CCNCc1ccc(OCc2nccs2)c(OCC)c1. The van der Waals surface area contributed by atoms with Crippen molar-refractivity contribution in [2.75, 3.05) is 13.2 Å². The van der Waals surface area contributed by atoms with E-state index >= 15 is 0 Å². The summed E-state index contributed by atoms with van der Waals surface area (Å²) < 4.78 is 11.5. The molecule has 1 N–H and O–H groups in total. The van der Waals surface area contributed by atoms with Gasteiger partial charge in [-0.15, -0.1) is 11.3 Å². The predicted octanol–water partition coefficient (Wildman–Crippen LogP) is 3.23. The maximum absolute atomic E-state index is 5.80.